The van der Waals surface area contributed by atoms with Crippen LogP contribution in [0.3, 0.4) is 0 Å². The normalized spacial score (nSPS) is 11.8. The van der Waals surface area contributed by atoms with E-state index in [1.807, 2.05) is 0 Å². The predicted molar refractivity (Wildman–Crippen MR) is 95.2 cm³/mol. The van der Waals surface area contributed by atoms with Gasteiger partial charge in [0.05, 0.1) is 11.0 Å². The van der Waals surface area contributed by atoms with E-state index in [1.165, 1.54) is 33.4 Å². The Morgan fingerprint density at radius 1 is 0.500 bits per heavy atom. The topological polar surface area (TPSA) is 83.1 Å². The number of aromatic nitrogens is 6. The van der Waals surface area contributed by atoms with Crippen LogP contribution in [0.1, 0.15) is 33.4 Å². The first-order chi connectivity index (χ1) is 11.4. The minimum Gasteiger partial charge on any atom is -0.257 e. The molecule has 0 bridgehead atoms. The van der Waals surface area contributed by atoms with Crippen molar-refractivity contribution in [1.29, 1.82) is 0 Å². The second kappa shape index (κ2) is 4.87. The second-order valence-corrected chi connectivity index (χ2v) is 6.57. The van der Waals surface area contributed by atoms with E-state index in [1.54, 1.807) is 0 Å². The van der Waals surface area contributed by atoms with E-state index in [2.05, 4.69) is 72.4 Å². The highest BCUT2D eigenvalue weighted by molar-refractivity contribution is 5.97. The molecule has 0 spiro atoms. The maximum atomic E-state index is 4.30. The zero-order valence-corrected chi connectivity index (χ0v) is 14.8. The maximum absolute atomic E-state index is 4.30. The Morgan fingerprint density at radius 2 is 0.875 bits per heavy atom. The summed E-state index contributed by atoms with van der Waals surface area (Å²) in [5, 5.41) is 22.7. The summed E-state index contributed by atoms with van der Waals surface area (Å²) in [7, 11) is 0. The Labute approximate surface area is 139 Å². The van der Waals surface area contributed by atoms with Crippen LogP contribution in [0.4, 0.5) is 0 Å². The number of fused-ring (bicyclic) bond motifs is 2. The van der Waals surface area contributed by atoms with Gasteiger partial charge in [-0.05, 0) is 86.1 Å². The molecule has 0 unspecified atom stereocenters. The van der Waals surface area contributed by atoms with Crippen LogP contribution in [0.5, 0.6) is 0 Å². The first kappa shape index (κ1) is 14.8. The Bertz CT molecular complexity index is 1030. The van der Waals surface area contributed by atoms with Crippen LogP contribution in [-0.2, 0) is 0 Å². The number of aromatic amines is 2. The van der Waals surface area contributed by atoms with Crippen molar-refractivity contribution in [3.8, 4) is 11.1 Å². The summed E-state index contributed by atoms with van der Waals surface area (Å²) in [5.41, 5.74) is 13.5. The van der Waals surface area contributed by atoms with E-state index in [9.17, 15) is 0 Å². The molecule has 0 saturated carbocycles. The highest BCUT2D eigenvalue weighted by atomic mass is 15.3. The molecule has 2 heterocycles. The fraction of sp³-hybridized carbons (Fsp3) is 0.333. The number of aryl methyl sites for hydroxylation is 4. The number of nitrogens with zero attached hydrogens (tertiary/aromatic N) is 4. The van der Waals surface area contributed by atoms with Gasteiger partial charge in [0.1, 0.15) is 11.0 Å². The molecule has 0 saturated heterocycles. The van der Waals surface area contributed by atoms with Gasteiger partial charge in [-0.15, -0.1) is 10.2 Å². The van der Waals surface area contributed by atoms with Crippen LogP contribution < -0.4 is 0 Å². The molecule has 24 heavy (non-hydrogen) atoms. The average Bonchev–Trinajstić information content (AvgIpc) is 3.23. The number of hydrogen-bond acceptors (Lipinski definition) is 4. The Morgan fingerprint density at radius 3 is 1.25 bits per heavy atom. The van der Waals surface area contributed by atoms with Gasteiger partial charge in [0.15, 0.2) is 0 Å². The Balaban J connectivity index is 2.22. The van der Waals surface area contributed by atoms with Crippen molar-refractivity contribution in [3.05, 3.63) is 33.4 Å². The molecule has 6 heteroatoms. The third-order valence-corrected chi connectivity index (χ3v) is 5.43. The van der Waals surface area contributed by atoms with Crippen LogP contribution in [0.25, 0.3) is 33.2 Å². The smallest absolute Gasteiger partial charge is 0.116 e. The quantitative estimate of drug-likeness (QED) is 0.559. The summed E-state index contributed by atoms with van der Waals surface area (Å²) in [6.07, 6.45) is 0. The van der Waals surface area contributed by atoms with Crippen LogP contribution in [0.15, 0.2) is 0 Å². The summed E-state index contributed by atoms with van der Waals surface area (Å²) < 4.78 is 0. The zero-order chi connectivity index (χ0) is 17.2. The van der Waals surface area contributed by atoms with Crippen molar-refractivity contribution in [2.45, 2.75) is 41.5 Å². The lowest BCUT2D eigenvalue weighted by Crippen LogP contribution is -2.00. The Hall–Kier alpha value is -2.76. The fourth-order valence-electron chi connectivity index (χ4n) is 3.80. The highest BCUT2D eigenvalue weighted by Crippen LogP contribution is 2.40. The fourth-order valence-corrected chi connectivity index (χ4v) is 3.80. The van der Waals surface area contributed by atoms with E-state index in [0.29, 0.717) is 0 Å². The summed E-state index contributed by atoms with van der Waals surface area (Å²) in [6, 6.07) is 0. The molecule has 2 aromatic carbocycles. The van der Waals surface area contributed by atoms with E-state index < -0.39 is 0 Å². The lowest BCUT2D eigenvalue weighted by Gasteiger charge is -2.19. The van der Waals surface area contributed by atoms with Gasteiger partial charge < -0.3 is 0 Å². The van der Waals surface area contributed by atoms with Crippen LogP contribution >= 0.6 is 0 Å². The molecule has 0 aliphatic heterocycles. The summed E-state index contributed by atoms with van der Waals surface area (Å²) in [6.45, 7) is 12.8. The molecule has 0 fully saturated rings. The highest BCUT2D eigenvalue weighted by Gasteiger charge is 2.22. The van der Waals surface area contributed by atoms with E-state index in [-0.39, 0.29) is 0 Å². The molecule has 0 atom stereocenters. The van der Waals surface area contributed by atoms with Crippen molar-refractivity contribution >= 4 is 22.1 Å². The molecule has 0 aliphatic rings. The number of nitrogens with one attached hydrogen (secondary N) is 2. The van der Waals surface area contributed by atoms with Crippen molar-refractivity contribution in [2.75, 3.05) is 0 Å². The summed E-state index contributed by atoms with van der Waals surface area (Å²) >= 11 is 0. The van der Waals surface area contributed by atoms with Crippen LogP contribution in [-0.4, -0.2) is 30.8 Å². The maximum Gasteiger partial charge on any atom is 0.116 e. The molecule has 2 aromatic heterocycles. The molecule has 122 valence electrons. The molecule has 4 aromatic rings. The van der Waals surface area contributed by atoms with E-state index in [4.69, 9.17) is 0 Å². The largest absolute Gasteiger partial charge is 0.257 e. The number of benzene rings is 2. The lowest BCUT2D eigenvalue weighted by molar-refractivity contribution is 0.957. The van der Waals surface area contributed by atoms with Gasteiger partial charge in [-0.3, -0.25) is 10.2 Å². The van der Waals surface area contributed by atoms with Gasteiger partial charge in [0.25, 0.3) is 0 Å². The summed E-state index contributed by atoms with van der Waals surface area (Å²) in [5.74, 6) is 0. The number of H-pyrrole nitrogens is 2. The van der Waals surface area contributed by atoms with Gasteiger partial charge in [0, 0.05) is 0 Å². The van der Waals surface area contributed by atoms with E-state index in [0.717, 1.165) is 33.2 Å². The molecule has 2 N–H and O–H groups in total. The van der Waals surface area contributed by atoms with Gasteiger partial charge in [-0.2, -0.15) is 0 Å². The minimum absolute atomic E-state index is 0.935. The summed E-state index contributed by atoms with van der Waals surface area (Å²) in [4.78, 5) is 0. The first-order valence-electron chi connectivity index (χ1n) is 8.04. The zero-order valence-electron chi connectivity index (χ0n) is 14.8. The van der Waals surface area contributed by atoms with Crippen LogP contribution in [0, 0.1) is 41.5 Å². The third-order valence-electron chi connectivity index (χ3n) is 5.43. The third kappa shape index (κ3) is 1.71. The number of hydrogen-bond donors (Lipinski definition) is 2. The SMILES string of the molecule is Cc1c(-c2c(C)c(C)c3[nH]nnc3c2C)c(C)c2nn[nH]c2c1C. The van der Waals surface area contributed by atoms with Crippen LogP contribution in [0.2, 0.25) is 0 Å². The van der Waals surface area contributed by atoms with Gasteiger partial charge >= 0.3 is 0 Å². The molecule has 0 aliphatic carbocycles. The van der Waals surface area contributed by atoms with Crippen molar-refractivity contribution in [2.24, 2.45) is 0 Å². The molecular weight excluding hydrogens is 300 g/mol. The monoisotopic (exact) mass is 320 g/mol. The number of rotatable bonds is 1. The second-order valence-electron chi connectivity index (χ2n) is 6.57. The van der Waals surface area contributed by atoms with Gasteiger partial charge in [-0.25, -0.2) is 0 Å². The average molecular weight is 320 g/mol. The Kier molecular flexibility index (Phi) is 3.00. The predicted octanol–water partition coefficient (Wildman–Crippen LogP) is 3.75. The minimum atomic E-state index is 0.935. The van der Waals surface area contributed by atoms with Crippen molar-refractivity contribution in [3.63, 3.8) is 0 Å². The lowest BCUT2D eigenvalue weighted by atomic mass is 9.84. The standard InChI is InChI=1S/C18H20N6/c1-7-9(3)15-17(21-23-19-15)11(5)13(7)14-8(2)10(4)16-18(12(14)6)22-24-20-16/h1-6H3,(H,19,21,23)(H,20,22,24). The van der Waals surface area contributed by atoms with Crippen molar-refractivity contribution in [1.82, 2.24) is 30.8 Å². The molecule has 4 rings (SSSR count). The van der Waals surface area contributed by atoms with Crippen molar-refractivity contribution < 1.29 is 0 Å². The molecule has 0 amide bonds. The molecule has 6 nitrogen and oxygen atoms in total. The van der Waals surface area contributed by atoms with E-state index >= 15 is 0 Å². The molecule has 0 radical (unpaired) electrons. The van der Waals surface area contributed by atoms with Gasteiger partial charge in [-0.1, -0.05) is 10.4 Å². The van der Waals surface area contributed by atoms with Gasteiger partial charge in [0.2, 0.25) is 0 Å². The first-order valence-corrected chi connectivity index (χ1v) is 8.04. The molecular formula is C18H20N6.